The minimum Gasteiger partial charge on any atom is -0.454 e. The number of aliphatic hydroxyl groups excluding tert-OH is 1. The van der Waals surface area contributed by atoms with Gasteiger partial charge in [0, 0.05) is 25.6 Å². The maximum atomic E-state index is 13.3. The predicted octanol–water partition coefficient (Wildman–Crippen LogP) is 3.62. The van der Waals surface area contributed by atoms with Crippen molar-refractivity contribution in [3.63, 3.8) is 0 Å². The Morgan fingerprint density at radius 3 is 2.58 bits per heavy atom. The van der Waals surface area contributed by atoms with Gasteiger partial charge in [-0.3, -0.25) is 9.78 Å². The molecule has 0 saturated heterocycles. The van der Waals surface area contributed by atoms with Gasteiger partial charge < -0.3 is 14.6 Å². The number of pyridine rings is 1. The van der Waals surface area contributed by atoms with Gasteiger partial charge in [-0.15, -0.1) is 0 Å². The number of sulfonamides is 1. The number of Topliss-reactive ketones (excluding diaryl/α,β-unsaturated/α-hetero) is 1. The van der Waals surface area contributed by atoms with Gasteiger partial charge in [0.1, 0.15) is 5.78 Å². The number of benzene rings is 2. The van der Waals surface area contributed by atoms with Crippen LogP contribution < -0.4 is 14.2 Å². The summed E-state index contributed by atoms with van der Waals surface area (Å²) < 4.78 is 38.2. The zero-order chi connectivity index (χ0) is 25.3. The van der Waals surface area contributed by atoms with Gasteiger partial charge in [0.15, 0.2) is 11.5 Å². The van der Waals surface area contributed by atoms with E-state index in [0.717, 1.165) is 24.0 Å². The number of carbonyl (C=O) groups excluding carboxylic acids is 1. The van der Waals surface area contributed by atoms with Crippen LogP contribution in [-0.4, -0.2) is 43.7 Å². The molecule has 1 aliphatic carbocycles. The van der Waals surface area contributed by atoms with E-state index in [9.17, 15) is 18.3 Å². The number of hydrogen-bond donors (Lipinski definition) is 2. The minimum absolute atomic E-state index is 0. The van der Waals surface area contributed by atoms with Gasteiger partial charge in [-0.05, 0) is 61.2 Å². The van der Waals surface area contributed by atoms with Gasteiger partial charge in [0.05, 0.1) is 22.1 Å². The Hall–Kier alpha value is -3.27. The molecule has 2 heterocycles. The van der Waals surface area contributed by atoms with E-state index in [0.29, 0.717) is 29.3 Å². The first-order valence-electron chi connectivity index (χ1n) is 12.0. The van der Waals surface area contributed by atoms with Crippen LogP contribution in [0.15, 0.2) is 65.6 Å². The lowest BCUT2D eigenvalue weighted by Crippen LogP contribution is -2.31. The topological polar surface area (TPSA) is 115 Å². The number of ether oxygens (including phenoxy) is 2. The first kappa shape index (κ1) is 24.4. The quantitative estimate of drug-likeness (QED) is 0.428. The van der Waals surface area contributed by atoms with Crippen molar-refractivity contribution in [1.82, 2.24) is 9.71 Å². The van der Waals surface area contributed by atoms with Gasteiger partial charge in [-0.25, -0.2) is 13.1 Å². The Morgan fingerprint density at radius 2 is 1.86 bits per heavy atom. The molecule has 2 aliphatic rings. The summed E-state index contributed by atoms with van der Waals surface area (Å²) in [4.78, 5) is 18.1. The second kappa shape index (κ2) is 9.65. The fourth-order valence-electron chi connectivity index (χ4n) is 4.36. The van der Waals surface area contributed by atoms with Crippen molar-refractivity contribution in [2.75, 3.05) is 13.3 Å². The smallest absolute Gasteiger partial charge is 0.240 e. The first-order chi connectivity index (χ1) is 17.3. The van der Waals surface area contributed by atoms with Crippen LogP contribution in [0.3, 0.4) is 0 Å². The summed E-state index contributed by atoms with van der Waals surface area (Å²) in [5, 5.41) is 9.64. The molecule has 0 radical (unpaired) electrons. The van der Waals surface area contributed by atoms with Crippen molar-refractivity contribution in [2.24, 2.45) is 0 Å². The van der Waals surface area contributed by atoms with Crippen LogP contribution in [0.5, 0.6) is 11.5 Å². The average Bonchev–Trinajstić information content (AvgIpc) is 3.58. The normalized spacial score (nSPS) is 16.5. The summed E-state index contributed by atoms with van der Waals surface area (Å²) in [5.41, 5.74) is 2.51. The van der Waals surface area contributed by atoms with E-state index in [2.05, 4.69) is 9.71 Å². The van der Waals surface area contributed by atoms with Crippen LogP contribution in [0.1, 0.15) is 38.9 Å². The molecule has 1 atom stereocenters. The molecule has 1 saturated carbocycles. The molecule has 1 unspecified atom stereocenters. The second-order valence-electron chi connectivity index (χ2n) is 9.20. The monoisotopic (exact) mass is 510 g/mol. The molecule has 9 heteroatoms. The Morgan fingerprint density at radius 1 is 1.11 bits per heavy atom. The maximum Gasteiger partial charge on any atom is 0.240 e. The Bertz CT molecular complexity index is 1390. The van der Waals surface area contributed by atoms with Crippen LogP contribution in [0.25, 0.3) is 11.3 Å². The number of nitrogens with zero attached hydrogens (tertiary/aromatic N) is 1. The number of aliphatic hydroxyl groups is 1. The summed E-state index contributed by atoms with van der Waals surface area (Å²) in [7, 11) is -3.72. The molecule has 8 nitrogen and oxygen atoms in total. The lowest BCUT2D eigenvalue weighted by molar-refractivity contribution is -0.120. The third kappa shape index (κ3) is 4.86. The average molecular weight is 511 g/mol. The zero-order valence-corrected chi connectivity index (χ0v) is 20.8. The number of ketones is 1. The molecule has 1 aliphatic heterocycles. The highest BCUT2D eigenvalue weighted by atomic mass is 32.2. The minimum atomic E-state index is -3.72. The number of carbonyl (C=O) groups is 1. The first-order valence-corrected chi connectivity index (χ1v) is 13.5. The Labute approximate surface area is 211 Å². The Kier molecular flexibility index (Phi) is 6.55. The molecule has 190 valence electrons. The van der Waals surface area contributed by atoms with Gasteiger partial charge in [0.2, 0.25) is 16.8 Å². The molecule has 1 aromatic heterocycles. The lowest BCUT2D eigenvalue weighted by Gasteiger charge is -2.15. The van der Waals surface area contributed by atoms with Crippen molar-refractivity contribution in [2.45, 2.75) is 49.0 Å². The standard InChI is InChI=1S/C27H28N2O6S.H2/c1-2-21(30)16-28-36(32,33)22-9-6-18(7-10-22)23-5-3-4-20(29-23)15-26(31)27(12-13-27)19-8-11-24-25(14-19)35-17-34-24;/h3-11,14,21,28,30H,2,12-13,15-17H2,1H3;1H. The van der Waals surface area contributed by atoms with Crippen molar-refractivity contribution >= 4 is 15.8 Å². The fourth-order valence-corrected chi connectivity index (χ4v) is 5.43. The van der Waals surface area contributed by atoms with E-state index in [1.807, 2.05) is 36.4 Å². The molecular formula is C27H30N2O6S. The molecule has 0 spiro atoms. The largest absolute Gasteiger partial charge is 0.454 e. The van der Waals surface area contributed by atoms with E-state index >= 15 is 0 Å². The van der Waals surface area contributed by atoms with Gasteiger partial charge in [-0.1, -0.05) is 31.2 Å². The fraction of sp³-hybridized carbons (Fsp3) is 0.333. The summed E-state index contributed by atoms with van der Waals surface area (Å²) in [6.07, 6.45) is 1.53. The summed E-state index contributed by atoms with van der Waals surface area (Å²) >= 11 is 0. The van der Waals surface area contributed by atoms with Gasteiger partial charge in [0.25, 0.3) is 0 Å². The van der Waals surface area contributed by atoms with E-state index in [1.54, 1.807) is 19.1 Å². The van der Waals surface area contributed by atoms with Crippen molar-refractivity contribution in [3.05, 3.63) is 71.9 Å². The molecule has 3 aromatic rings. The van der Waals surface area contributed by atoms with E-state index in [-0.39, 0.29) is 31.9 Å². The van der Waals surface area contributed by atoms with Gasteiger partial charge in [-0.2, -0.15) is 0 Å². The third-order valence-corrected chi connectivity index (χ3v) is 8.24. The molecule has 36 heavy (non-hydrogen) atoms. The van der Waals surface area contributed by atoms with Crippen LogP contribution in [-0.2, 0) is 26.7 Å². The zero-order valence-electron chi connectivity index (χ0n) is 19.9. The van der Waals surface area contributed by atoms with Crippen LogP contribution in [0.2, 0.25) is 0 Å². The number of aromatic nitrogens is 1. The van der Waals surface area contributed by atoms with Crippen LogP contribution in [0, 0.1) is 0 Å². The third-order valence-electron chi connectivity index (χ3n) is 6.80. The second-order valence-corrected chi connectivity index (χ2v) is 11.0. The molecule has 1 fully saturated rings. The highest BCUT2D eigenvalue weighted by molar-refractivity contribution is 7.89. The van der Waals surface area contributed by atoms with E-state index in [4.69, 9.17) is 9.47 Å². The number of fused-ring (bicyclic) bond motifs is 1. The summed E-state index contributed by atoms with van der Waals surface area (Å²) in [6.45, 7) is 1.94. The SMILES string of the molecule is CCC(O)CNS(=O)(=O)c1ccc(-c2cccc(CC(=O)C3(c4ccc5c(c4)OCO5)CC3)n2)cc1.[HH]. The molecule has 5 rings (SSSR count). The highest BCUT2D eigenvalue weighted by Gasteiger charge is 2.51. The summed E-state index contributed by atoms with van der Waals surface area (Å²) in [5.74, 6) is 1.49. The number of rotatable bonds is 10. The number of hydrogen-bond acceptors (Lipinski definition) is 7. The predicted molar refractivity (Wildman–Crippen MR) is 135 cm³/mol. The maximum absolute atomic E-state index is 13.3. The van der Waals surface area contributed by atoms with Crippen molar-refractivity contribution in [1.29, 1.82) is 0 Å². The van der Waals surface area contributed by atoms with E-state index in [1.165, 1.54) is 12.1 Å². The molecule has 0 bridgehead atoms. The van der Waals surface area contributed by atoms with E-state index < -0.39 is 21.5 Å². The lowest BCUT2D eigenvalue weighted by atomic mass is 9.88. The molecule has 0 amide bonds. The molecule has 2 N–H and O–H groups in total. The Balaban J connectivity index is 0.00000320. The van der Waals surface area contributed by atoms with Crippen LogP contribution in [0.4, 0.5) is 0 Å². The molecular weight excluding hydrogens is 480 g/mol. The molecule has 2 aromatic carbocycles. The summed E-state index contributed by atoms with van der Waals surface area (Å²) in [6, 6.07) is 17.6. The number of nitrogens with one attached hydrogen (secondary N) is 1. The highest BCUT2D eigenvalue weighted by Crippen LogP contribution is 2.51. The van der Waals surface area contributed by atoms with Crippen molar-refractivity contribution in [3.8, 4) is 22.8 Å². The van der Waals surface area contributed by atoms with Crippen molar-refractivity contribution < 1.29 is 29.2 Å². The van der Waals surface area contributed by atoms with Crippen LogP contribution >= 0.6 is 0 Å². The van der Waals surface area contributed by atoms with Gasteiger partial charge >= 0.3 is 0 Å².